The lowest BCUT2D eigenvalue weighted by atomic mass is 10.1. The van der Waals surface area contributed by atoms with Crippen LogP contribution in [0.1, 0.15) is 6.92 Å². The molecule has 0 bridgehead atoms. The van der Waals surface area contributed by atoms with E-state index < -0.39 is 8.07 Å². The van der Waals surface area contributed by atoms with Crippen LogP contribution in [0, 0.1) is 5.92 Å². The van der Waals surface area contributed by atoms with Gasteiger partial charge < -0.3 is 0 Å². The van der Waals surface area contributed by atoms with Crippen molar-refractivity contribution in [2.24, 2.45) is 5.92 Å². The van der Waals surface area contributed by atoms with Crippen LogP contribution in [0.15, 0.2) is 59.9 Å². The molecule has 2 aliphatic carbocycles. The number of rotatable bonds is 3. The van der Waals surface area contributed by atoms with Gasteiger partial charge in [-0.3, -0.25) is 0 Å². The lowest BCUT2D eigenvalue weighted by Crippen LogP contribution is -2.36. The van der Waals surface area contributed by atoms with E-state index in [1.807, 2.05) is 0 Å². The largest absolute Gasteiger partial charge is 0.0914 e. The maximum Gasteiger partial charge on any atom is 0.0868 e. The zero-order chi connectivity index (χ0) is 11.6. The van der Waals surface area contributed by atoms with Crippen molar-refractivity contribution in [1.82, 2.24) is 0 Å². The highest BCUT2D eigenvalue weighted by molar-refractivity contribution is 6.86. The van der Waals surface area contributed by atoms with Crippen LogP contribution < -0.4 is 0 Å². The highest BCUT2D eigenvalue weighted by atomic mass is 28.3. The third-order valence-corrected chi connectivity index (χ3v) is 7.91. The topological polar surface area (TPSA) is 0 Å². The Hall–Kier alpha value is -1.08. The first kappa shape index (κ1) is 11.4. The second kappa shape index (κ2) is 4.42. The average Bonchev–Trinajstić information content (AvgIpc) is 2.91. The lowest BCUT2D eigenvalue weighted by Gasteiger charge is -2.33. The fraction of sp³-hybridized carbons (Fsp3) is 0.333. The Morgan fingerprint density at radius 3 is 1.94 bits per heavy atom. The van der Waals surface area contributed by atoms with Crippen LogP contribution in [0.5, 0.6) is 0 Å². The lowest BCUT2D eigenvalue weighted by molar-refractivity contribution is 1.02. The number of hydrogen-bond donors (Lipinski definition) is 0. The molecule has 0 amide bonds. The Kier molecular flexibility index (Phi) is 3.15. The average molecular weight is 228 g/mol. The van der Waals surface area contributed by atoms with Gasteiger partial charge in [0.1, 0.15) is 0 Å². The Morgan fingerprint density at radius 2 is 1.44 bits per heavy atom. The van der Waals surface area contributed by atoms with E-state index >= 15 is 0 Å². The molecule has 2 rings (SSSR count). The van der Waals surface area contributed by atoms with E-state index in [2.05, 4.69) is 74.7 Å². The summed E-state index contributed by atoms with van der Waals surface area (Å²) >= 11 is 0. The summed E-state index contributed by atoms with van der Waals surface area (Å²) in [5.74, 6) is 0.550. The second-order valence-electron chi connectivity index (χ2n) is 5.06. The highest BCUT2D eigenvalue weighted by Gasteiger charge is 2.35. The Labute approximate surface area is 99.8 Å². The summed E-state index contributed by atoms with van der Waals surface area (Å²) in [4.78, 5) is 0. The van der Waals surface area contributed by atoms with Crippen molar-refractivity contribution < 1.29 is 0 Å². The Morgan fingerprint density at radius 1 is 0.938 bits per heavy atom. The summed E-state index contributed by atoms with van der Waals surface area (Å²) in [5.41, 5.74) is 0.668. The first-order valence-electron chi connectivity index (χ1n) is 6.03. The van der Waals surface area contributed by atoms with E-state index in [1.165, 1.54) is 0 Å². The van der Waals surface area contributed by atoms with Crippen molar-refractivity contribution in [3.05, 3.63) is 59.9 Å². The van der Waals surface area contributed by atoms with Crippen LogP contribution in [-0.2, 0) is 0 Å². The van der Waals surface area contributed by atoms with Crippen molar-refractivity contribution in [3.8, 4) is 0 Å². The second-order valence-corrected chi connectivity index (χ2v) is 9.74. The highest BCUT2D eigenvalue weighted by Crippen LogP contribution is 2.38. The van der Waals surface area contributed by atoms with Gasteiger partial charge >= 0.3 is 0 Å². The third kappa shape index (κ3) is 1.92. The molecular formula is C15H20Si. The van der Waals surface area contributed by atoms with Crippen molar-refractivity contribution in [3.63, 3.8) is 0 Å². The Balaban J connectivity index is 2.26. The molecule has 0 unspecified atom stereocenters. The maximum atomic E-state index is 2.48. The predicted molar refractivity (Wildman–Crippen MR) is 75.0 cm³/mol. The van der Waals surface area contributed by atoms with E-state index in [9.17, 15) is 0 Å². The van der Waals surface area contributed by atoms with E-state index in [4.69, 9.17) is 0 Å². The van der Waals surface area contributed by atoms with Gasteiger partial charge in [-0.1, -0.05) is 73.0 Å². The third-order valence-electron chi connectivity index (χ3n) is 3.74. The van der Waals surface area contributed by atoms with Gasteiger partial charge in [0.2, 0.25) is 0 Å². The van der Waals surface area contributed by atoms with Crippen LogP contribution >= 0.6 is 0 Å². The zero-order valence-corrected chi connectivity index (χ0v) is 11.4. The smallest absolute Gasteiger partial charge is 0.0868 e. The molecule has 0 aromatic heterocycles. The maximum absolute atomic E-state index is 2.48. The van der Waals surface area contributed by atoms with Crippen molar-refractivity contribution in [1.29, 1.82) is 0 Å². The molecule has 1 heteroatoms. The van der Waals surface area contributed by atoms with Crippen LogP contribution in [0.4, 0.5) is 0 Å². The van der Waals surface area contributed by atoms with Crippen molar-refractivity contribution in [2.75, 3.05) is 0 Å². The van der Waals surface area contributed by atoms with Gasteiger partial charge in [0, 0.05) is 5.92 Å². The molecule has 0 fully saturated rings. The molecule has 0 aromatic carbocycles. The summed E-state index contributed by atoms with van der Waals surface area (Å²) in [7, 11) is -1.38. The molecule has 0 radical (unpaired) electrons. The summed E-state index contributed by atoms with van der Waals surface area (Å²) in [6, 6.07) is 0. The zero-order valence-electron chi connectivity index (χ0n) is 10.4. The minimum absolute atomic E-state index is 0.550. The van der Waals surface area contributed by atoms with Crippen LogP contribution in [0.3, 0.4) is 0 Å². The first-order chi connectivity index (χ1) is 7.66. The summed E-state index contributed by atoms with van der Waals surface area (Å²) < 4.78 is 0. The van der Waals surface area contributed by atoms with E-state index in [1.54, 1.807) is 5.20 Å². The van der Waals surface area contributed by atoms with E-state index in [0.717, 1.165) is 0 Å². The minimum Gasteiger partial charge on any atom is -0.0914 e. The SMILES string of the molecule is C/C=C(\C1C=CC=C1)[Si](C)(C)C1C=CC=C1. The molecule has 16 heavy (non-hydrogen) atoms. The molecule has 0 aliphatic heterocycles. The molecule has 0 heterocycles. The minimum atomic E-state index is -1.38. The fourth-order valence-electron chi connectivity index (χ4n) is 2.74. The molecule has 0 saturated carbocycles. The van der Waals surface area contributed by atoms with Gasteiger partial charge in [-0.05, 0) is 12.5 Å². The summed E-state index contributed by atoms with van der Waals surface area (Å²) in [6.07, 6.45) is 20.4. The predicted octanol–water partition coefficient (Wildman–Crippen LogP) is 4.42. The molecule has 2 aliphatic rings. The molecular weight excluding hydrogens is 208 g/mol. The van der Waals surface area contributed by atoms with Crippen LogP contribution in [0.25, 0.3) is 0 Å². The Bertz CT molecular complexity index is 381. The van der Waals surface area contributed by atoms with Gasteiger partial charge in [0.05, 0.1) is 8.07 Å². The van der Waals surface area contributed by atoms with Gasteiger partial charge in [-0.25, -0.2) is 0 Å². The normalized spacial score (nSPS) is 21.6. The van der Waals surface area contributed by atoms with Gasteiger partial charge in [-0.2, -0.15) is 0 Å². The molecule has 0 saturated heterocycles. The molecule has 0 spiro atoms. The molecule has 0 nitrogen and oxygen atoms in total. The molecule has 0 N–H and O–H groups in total. The van der Waals surface area contributed by atoms with Gasteiger partial charge in [0.25, 0.3) is 0 Å². The number of allylic oxidation sites excluding steroid dienone is 10. The van der Waals surface area contributed by atoms with E-state index in [-0.39, 0.29) is 0 Å². The monoisotopic (exact) mass is 228 g/mol. The fourth-order valence-corrected chi connectivity index (χ4v) is 6.10. The van der Waals surface area contributed by atoms with Gasteiger partial charge in [0.15, 0.2) is 0 Å². The van der Waals surface area contributed by atoms with Crippen LogP contribution in [0.2, 0.25) is 18.6 Å². The van der Waals surface area contributed by atoms with Crippen molar-refractivity contribution >= 4 is 8.07 Å². The van der Waals surface area contributed by atoms with Crippen LogP contribution in [-0.4, -0.2) is 8.07 Å². The summed E-state index contributed by atoms with van der Waals surface area (Å²) in [6.45, 7) is 7.15. The molecule has 84 valence electrons. The van der Waals surface area contributed by atoms with E-state index in [0.29, 0.717) is 11.5 Å². The molecule has 0 atom stereocenters. The summed E-state index contributed by atoms with van der Waals surface area (Å²) in [5, 5.41) is 1.65. The standard InChI is InChI=1S/C15H20Si/c1-4-15(13-9-5-6-10-13)16(2,3)14-11-7-8-12-14/h4-14H,1-3H3/b15-4+. The van der Waals surface area contributed by atoms with Gasteiger partial charge in [-0.15, -0.1) is 0 Å². The first-order valence-corrected chi connectivity index (χ1v) is 9.10. The molecule has 0 aromatic rings. The quantitative estimate of drug-likeness (QED) is 0.627. The number of hydrogen-bond acceptors (Lipinski definition) is 0. The van der Waals surface area contributed by atoms with Crippen molar-refractivity contribution in [2.45, 2.75) is 25.6 Å².